The molecule has 1 heterocycles. The zero-order chi connectivity index (χ0) is 10.6. The fourth-order valence-electron chi connectivity index (χ4n) is 1.17. The molecule has 0 aromatic carbocycles. The van der Waals surface area contributed by atoms with Crippen LogP contribution in [0.3, 0.4) is 0 Å². The number of hydrogen-bond acceptors (Lipinski definition) is 2. The minimum absolute atomic E-state index is 0. The number of aromatic nitrogens is 2. The van der Waals surface area contributed by atoms with E-state index in [1.54, 1.807) is 0 Å². The van der Waals surface area contributed by atoms with E-state index in [1.165, 1.54) is 7.11 Å². The molecule has 1 aromatic rings. The molecule has 0 aliphatic heterocycles. The third-order valence-corrected chi connectivity index (χ3v) is 1.80. The summed E-state index contributed by atoms with van der Waals surface area (Å²) in [4.78, 5) is 0. The summed E-state index contributed by atoms with van der Waals surface area (Å²) in [5.74, 6) is 0. The van der Waals surface area contributed by atoms with Gasteiger partial charge in [-0.2, -0.15) is 5.10 Å². The smallest absolute Gasteiger partial charge is 0.444 e. The summed E-state index contributed by atoms with van der Waals surface area (Å²) in [6.07, 6.45) is 1.69. The molecule has 3 nitrogen and oxygen atoms in total. The van der Waals surface area contributed by atoms with Gasteiger partial charge in [-0.1, -0.05) is 6.07 Å². The van der Waals surface area contributed by atoms with Gasteiger partial charge in [0.25, 0.3) is 0 Å². The topological polar surface area (TPSA) is 27.1 Å². The molecular formula is C7H11BF3KN2O. The quantitative estimate of drug-likeness (QED) is 0.443. The first-order valence-corrected chi connectivity index (χ1v) is 4.26. The van der Waals surface area contributed by atoms with Crippen LogP contribution in [-0.2, 0) is 11.3 Å². The van der Waals surface area contributed by atoms with Crippen LogP contribution < -0.4 is 57.0 Å². The molecule has 80 valence electrons. The average molecular weight is 246 g/mol. The summed E-state index contributed by atoms with van der Waals surface area (Å²) >= 11 is 0. The predicted octanol–water partition coefficient (Wildman–Crippen LogP) is -2.02. The van der Waals surface area contributed by atoms with Crippen LogP contribution in [0.15, 0.2) is 12.3 Å². The molecule has 1 aromatic heterocycles. The number of nitrogens with zero attached hydrogens (tertiary/aromatic N) is 2. The first-order chi connectivity index (χ1) is 6.55. The molecule has 0 atom stereocenters. The molecule has 0 aliphatic rings. The second-order valence-electron chi connectivity index (χ2n) is 2.90. The van der Waals surface area contributed by atoms with Gasteiger partial charge in [-0.25, -0.2) is 0 Å². The SMILES string of the molecule is COCCCn1nccc1[B-](F)(F)F.[K+]. The molecule has 0 saturated heterocycles. The molecule has 0 aliphatic carbocycles. The van der Waals surface area contributed by atoms with Crippen LogP contribution in [0.25, 0.3) is 0 Å². The largest absolute Gasteiger partial charge is 1.00 e. The van der Waals surface area contributed by atoms with Crippen LogP contribution in [0.2, 0.25) is 0 Å². The maximum absolute atomic E-state index is 12.4. The Hall–Kier alpha value is 0.661. The van der Waals surface area contributed by atoms with Crippen LogP contribution in [-0.4, -0.2) is 30.5 Å². The third-order valence-electron chi connectivity index (χ3n) is 1.80. The molecule has 15 heavy (non-hydrogen) atoms. The van der Waals surface area contributed by atoms with Gasteiger partial charge in [0.2, 0.25) is 0 Å². The number of methoxy groups -OCH3 is 1. The van der Waals surface area contributed by atoms with Crippen molar-refractivity contribution in [2.24, 2.45) is 0 Å². The predicted molar refractivity (Wildman–Crippen MR) is 47.4 cm³/mol. The van der Waals surface area contributed by atoms with Crippen molar-refractivity contribution in [2.75, 3.05) is 13.7 Å². The molecule has 0 spiro atoms. The summed E-state index contributed by atoms with van der Waals surface area (Å²) in [6.45, 7) is -4.29. The maximum Gasteiger partial charge on any atom is 1.00 e. The molecule has 1 rings (SSSR count). The average Bonchev–Trinajstić information content (AvgIpc) is 2.52. The molecule has 0 radical (unpaired) electrons. The summed E-state index contributed by atoms with van der Waals surface area (Å²) < 4.78 is 42.8. The van der Waals surface area contributed by atoms with Crippen molar-refractivity contribution in [1.82, 2.24) is 9.78 Å². The molecule has 0 unspecified atom stereocenters. The number of halogens is 3. The number of aryl methyl sites for hydroxylation is 1. The van der Waals surface area contributed by atoms with E-state index in [-0.39, 0.29) is 57.9 Å². The zero-order valence-corrected chi connectivity index (χ0v) is 11.9. The Balaban J connectivity index is 0.00000196. The molecule has 0 amide bonds. The normalized spacial score (nSPS) is 11.2. The second kappa shape index (κ2) is 7.08. The summed E-state index contributed by atoms with van der Waals surface area (Å²) in [6, 6.07) is 0.993. The van der Waals surface area contributed by atoms with Crippen molar-refractivity contribution in [3.05, 3.63) is 12.3 Å². The molecule has 0 fully saturated rings. The van der Waals surface area contributed by atoms with Gasteiger partial charge in [-0.05, 0) is 12.0 Å². The van der Waals surface area contributed by atoms with E-state index < -0.39 is 12.6 Å². The standard InChI is InChI=1S/C7H11BF3N2O.K/c1-14-6-2-5-13-7(3-4-12-13)8(9,10)11;/h3-4H,2,5-6H2,1H3;/q-1;+1. The van der Waals surface area contributed by atoms with Gasteiger partial charge < -0.3 is 17.7 Å². The number of rotatable bonds is 5. The van der Waals surface area contributed by atoms with Crippen molar-refractivity contribution in [3.8, 4) is 0 Å². The Morgan fingerprint density at radius 3 is 2.67 bits per heavy atom. The Kier molecular flexibility index (Phi) is 7.39. The monoisotopic (exact) mass is 246 g/mol. The van der Waals surface area contributed by atoms with Gasteiger partial charge in [-0.15, -0.1) is 0 Å². The first kappa shape index (κ1) is 15.7. The van der Waals surface area contributed by atoms with Gasteiger partial charge in [0.05, 0.1) is 0 Å². The van der Waals surface area contributed by atoms with Crippen LogP contribution in [0.4, 0.5) is 12.9 Å². The van der Waals surface area contributed by atoms with E-state index >= 15 is 0 Å². The molecule has 0 N–H and O–H groups in total. The first-order valence-electron chi connectivity index (χ1n) is 4.26. The summed E-state index contributed by atoms with van der Waals surface area (Å²) in [7, 11) is 1.51. The third kappa shape index (κ3) is 5.01. The van der Waals surface area contributed by atoms with E-state index in [0.29, 0.717) is 13.0 Å². The van der Waals surface area contributed by atoms with Crippen LogP contribution in [0.5, 0.6) is 0 Å². The van der Waals surface area contributed by atoms with Crippen molar-refractivity contribution in [1.29, 1.82) is 0 Å². The van der Waals surface area contributed by atoms with Gasteiger partial charge in [-0.3, -0.25) is 4.68 Å². The fourth-order valence-corrected chi connectivity index (χ4v) is 1.17. The van der Waals surface area contributed by atoms with Crippen molar-refractivity contribution >= 4 is 12.6 Å². The van der Waals surface area contributed by atoms with Crippen molar-refractivity contribution in [2.45, 2.75) is 13.0 Å². The van der Waals surface area contributed by atoms with Gasteiger partial charge >= 0.3 is 58.4 Å². The van der Waals surface area contributed by atoms with Gasteiger partial charge in [0, 0.05) is 26.5 Å². The second-order valence-corrected chi connectivity index (χ2v) is 2.90. The van der Waals surface area contributed by atoms with E-state index in [9.17, 15) is 12.9 Å². The van der Waals surface area contributed by atoms with Crippen LogP contribution in [0, 0.1) is 0 Å². The van der Waals surface area contributed by atoms with E-state index in [4.69, 9.17) is 4.74 Å². The minimum atomic E-state index is -4.96. The number of ether oxygens (including phenoxy) is 1. The van der Waals surface area contributed by atoms with Crippen LogP contribution >= 0.6 is 0 Å². The van der Waals surface area contributed by atoms with Crippen LogP contribution in [0.1, 0.15) is 6.42 Å². The molecule has 0 bridgehead atoms. The van der Waals surface area contributed by atoms with Crippen molar-refractivity contribution in [3.63, 3.8) is 0 Å². The van der Waals surface area contributed by atoms with Crippen molar-refractivity contribution < 1.29 is 69.1 Å². The maximum atomic E-state index is 12.4. The van der Waals surface area contributed by atoms with E-state index in [0.717, 1.165) is 16.9 Å². The molecule has 0 saturated carbocycles. The molecule has 8 heteroatoms. The Labute approximate surface area is 129 Å². The van der Waals surface area contributed by atoms with Gasteiger partial charge in [0.15, 0.2) is 0 Å². The Morgan fingerprint density at radius 1 is 1.47 bits per heavy atom. The van der Waals surface area contributed by atoms with Gasteiger partial charge in [0.1, 0.15) is 0 Å². The zero-order valence-electron chi connectivity index (χ0n) is 8.79. The summed E-state index contributed by atoms with van der Waals surface area (Å²) in [5.41, 5.74) is -0.652. The molecular weight excluding hydrogens is 235 g/mol. The Morgan fingerprint density at radius 2 is 2.13 bits per heavy atom. The Bertz CT molecular complexity index is 292. The fraction of sp³-hybridized carbons (Fsp3) is 0.571. The number of hydrogen-bond donors (Lipinski definition) is 0. The summed E-state index contributed by atoms with van der Waals surface area (Å²) in [5, 5.41) is 3.61. The van der Waals surface area contributed by atoms with E-state index in [2.05, 4.69) is 5.10 Å². The minimum Gasteiger partial charge on any atom is -0.444 e. The van der Waals surface area contributed by atoms with E-state index in [1.807, 2.05) is 0 Å².